The van der Waals surface area contributed by atoms with Crippen molar-refractivity contribution in [2.75, 3.05) is 5.32 Å². The van der Waals surface area contributed by atoms with Crippen molar-refractivity contribution in [1.82, 2.24) is 24.5 Å². The number of aromatic nitrogens is 4. The van der Waals surface area contributed by atoms with Crippen LogP contribution in [0.2, 0.25) is 0 Å². The predicted molar refractivity (Wildman–Crippen MR) is 118 cm³/mol. The third kappa shape index (κ3) is 2.96. The van der Waals surface area contributed by atoms with Crippen LogP contribution in [0.1, 0.15) is 66.0 Å². The van der Waals surface area contributed by atoms with Gasteiger partial charge in [-0.2, -0.15) is 18.2 Å². The van der Waals surface area contributed by atoms with Crippen molar-refractivity contribution in [1.29, 1.82) is 0 Å². The van der Waals surface area contributed by atoms with E-state index in [1.165, 1.54) is 13.0 Å². The lowest BCUT2D eigenvalue weighted by molar-refractivity contribution is -0.177. The smallest absolute Gasteiger partial charge is 0.363 e. The molecule has 4 aliphatic rings. The second kappa shape index (κ2) is 6.93. The molecule has 0 unspecified atom stereocenters. The molecular formula is C24H25F3N6O. The topological polar surface area (TPSA) is 75.4 Å². The quantitative estimate of drug-likeness (QED) is 0.604. The van der Waals surface area contributed by atoms with Gasteiger partial charge in [0.1, 0.15) is 11.6 Å². The number of benzene rings is 1. The number of nitrogens with zero attached hydrogens (tertiary/aromatic N) is 5. The number of aryl methyl sites for hydroxylation is 1. The Labute approximate surface area is 194 Å². The van der Waals surface area contributed by atoms with Gasteiger partial charge in [0, 0.05) is 5.56 Å². The lowest BCUT2D eigenvalue weighted by Gasteiger charge is -2.61. The molecule has 3 aliphatic carbocycles. The molecule has 10 heteroatoms. The van der Waals surface area contributed by atoms with Crippen LogP contribution in [-0.2, 0) is 24.1 Å². The minimum Gasteiger partial charge on any atom is -0.363 e. The van der Waals surface area contributed by atoms with E-state index in [0.717, 1.165) is 36.6 Å². The average molecular weight is 470 g/mol. The first kappa shape index (κ1) is 21.4. The molecule has 34 heavy (non-hydrogen) atoms. The van der Waals surface area contributed by atoms with E-state index in [9.17, 15) is 18.0 Å². The maximum atomic E-state index is 13.4. The maximum Gasteiger partial charge on any atom is 0.416 e. The molecule has 3 heterocycles. The minimum absolute atomic E-state index is 0.183. The summed E-state index contributed by atoms with van der Waals surface area (Å²) >= 11 is 0. The Morgan fingerprint density at radius 1 is 1.18 bits per heavy atom. The molecule has 3 fully saturated rings. The van der Waals surface area contributed by atoms with Gasteiger partial charge in [-0.05, 0) is 63.1 Å². The fourth-order valence-corrected chi connectivity index (χ4v) is 5.99. The van der Waals surface area contributed by atoms with Gasteiger partial charge in [0.15, 0.2) is 0 Å². The molecule has 178 valence electrons. The maximum absolute atomic E-state index is 13.4. The fraction of sp³-hybridized carbons (Fsp3) is 0.500. The zero-order chi connectivity index (χ0) is 24.0. The molecule has 1 amide bonds. The van der Waals surface area contributed by atoms with Gasteiger partial charge in [0.25, 0.3) is 5.78 Å². The van der Waals surface area contributed by atoms with Crippen LogP contribution in [-0.4, -0.2) is 30.4 Å². The molecule has 0 radical (unpaired) electrons. The van der Waals surface area contributed by atoms with E-state index in [-0.39, 0.29) is 16.9 Å². The van der Waals surface area contributed by atoms with E-state index in [1.54, 1.807) is 6.07 Å². The normalized spacial score (nSPS) is 23.9. The summed E-state index contributed by atoms with van der Waals surface area (Å²) in [5.74, 6) is 2.53. The Morgan fingerprint density at radius 3 is 2.56 bits per heavy atom. The van der Waals surface area contributed by atoms with Crippen LogP contribution in [0.3, 0.4) is 0 Å². The number of halogens is 3. The number of alkyl halides is 3. The number of nitrogens with one attached hydrogen (secondary N) is 1. The Morgan fingerprint density at radius 2 is 1.91 bits per heavy atom. The summed E-state index contributed by atoms with van der Waals surface area (Å²) in [6, 6.07) is 3.78. The summed E-state index contributed by atoms with van der Waals surface area (Å²) in [6.45, 7) is 6.01. The van der Waals surface area contributed by atoms with Crippen LogP contribution in [0.15, 0.2) is 18.2 Å². The SMILES string of the molecule is Cc1c([C@@H](C)Nc2nc3nnc(C)n3c3c2CN(C(=O)C24CC(C2)C4)C3)cccc1C(F)(F)F. The van der Waals surface area contributed by atoms with Gasteiger partial charge in [-0.1, -0.05) is 12.1 Å². The van der Waals surface area contributed by atoms with Crippen molar-refractivity contribution in [2.45, 2.75) is 65.3 Å². The first-order chi connectivity index (χ1) is 16.1. The Bertz CT molecular complexity index is 1330. The van der Waals surface area contributed by atoms with Gasteiger partial charge in [-0.25, -0.2) is 0 Å². The molecule has 0 spiro atoms. The second-order valence-electron chi connectivity index (χ2n) is 10.1. The fourth-order valence-electron chi connectivity index (χ4n) is 5.99. The monoisotopic (exact) mass is 470 g/mol. The number of hydrogen-bond acceptors (Lipinski definition) is 5. The third-order valence-corrected chi connectivity index (χ3v) is 7.89. The summed E-state index contributed by atoms with van der Waals surface area (Å²) < 4.78 is 42.2. The zero-order valence-electron chi connectivity index (χ0n) is 19.2. The van der Waals surface area contributed by atoms with Crippen LogP contribution in [0, 0.1) is 25.2 Å². The molecule has 1 N–H and O–H groups in total. The highest BCUT2D eigenvalue weighted by Crippen LogP contribution is 2.65. The molecule has 2 aromatic heterocycles. The van der Waals surface area contributed by atoms with E-state index in [2.05, 4.69) is 20.5 Å². The minimum atomic E-state index is -4.42. The van der Waals surface area contributed by atoms with Crippen molar-refractivity contribution in [2.24, 2.45) is 11.3 Å². The summed E-state index contributed by atoms with van der Waals surface area (Å²) in [5.41, 5.74) is 1.68. The molecule has 7 nitrogen and oxygen atoms in total. The van der Waals surface area contributed by atoms with Crippen molar-refractivity contribution in [3.63, 3.8) is 0 Å². The Balaban J connectivity index is 1.36. The summed E-state index contributed by atoms with van der Waals surface area (Å²) in [6.07, 6.45) is -1.47. The van der Waals surface area contributed by atoms with Gasteiger partial charge >= 0.3 is 6.18 Å². The first-order valence-corrected chi connectivity index (χ1v) is 11.5. The molecule has 1 aliphatic heterocycles. The number of carbonyl (C=O) groups excluding carboxylic acids is 1. The predicted octanol–water partition coefficient (Wildman–Crippen LogP) is 4.58. The molecule has 3 saturated carbocycles. The number of hydrogen-bond donors (Lipinski definition) is 1. The lowest BCUT2D eigenvalue weighted by Crippen LogP contribution is -2.60. The van der Waals surface area contributed by atoms with Crippen LogP contribution >= 0.6 is 0 Å². The van der Waals surface area contributed by atoms with E-state index in [0.29, 0.717) is 42.0 Å². The number of fused-ring (bicyclic) bond motifs is 3. The van der Waals surface area contributed by atoms with Crippen molar-refractivity contribution < 1.29 is 18.0 Å². The van der Waals surface area contributed by atoms with Crippen molar-refractivity contribution in [3.05, 3.63) is 52.0 Å². The summed E-state index contributed by atoms with van der Waals surface area (Å²) in [7, 11) is 0. The van der Waals surface area contributed by atoms with Crippen LogP contribution in [0.25, 0.3) is 5.78 Å². The largest absolute Gasteiger partial charge is 0.416 e. The van der Waals surface area contributed by atoms with E-state index >= 15 is 0 Å². The van der Waals surface area contributed by atoms with Gasteiger partial charge in [-0.15, -0.1) is 10.2 Å². The van der Waals surface area contributed by atoms with E-state index < -0.39 is 17.8 Å². The van der Waals surface area contributed by atoms with Gasteiger partial charge in [0.05, 0.1) is 35.8 Å². The average Bonchev–Trinajstić information content (AvgIpc) is 3.29. The van der Waals surface area contributed by atoms with E-state index in [1.807, 2.05) is 23.1 Å². The van der Waals surface area contributed by atoms with Crippen molar-refractivity contribution >= 4 is 17.5 Å². The molecule has 3 aromatic rings. The van der Waals surface area contributed by atoms with Gasteiger partial charge < -0.3 is 10.2 Å². The number of amides is 1. The van der Waals surface area contributed by atoms with Crippen LogP contribution in [0.5, 0.6) is 0 Å². The molecule has 0 saturated heterocycles. The van der Waals surface area contributed by atoms with E-state index in [4.69, 9.17) is 0 Å². The summed E-state index contributed by atoms with van der Waals surface area (Å²) in [4.78, 5) is 19.8. The number of carbonyl (C=O) groups is 1. The Kier molecular flexibility index (Phi) is 4.35. The number of anilines is 1. The molecule has 2 bridgehead atoms. The molecule has 7 rings (SSSR count). The highest BCUT2D eigenvalue weighted by Gasteiger charge is 2.62. The molecule has 1 atom stereocenters. The van der Waals surface area contributed by atoms with Crippen LogP contribution in [0.4, 0.5) is 19.0 Å². The second-order valence-corrected chi connectivity index (χ2v) is 10.1. The number of rotatable bonds is 4. The Hall–Kier alpha value is -3.17. The summed E-state index contributed by atoms with van der Waals surface area (Å²) in [5, 5.41) is 11.6. The highest BCUT2D eigenvalue weighted by molar-refractivity contribution is 5.86. The van der Waals surface area contributed by atoms with Crippen LogP contribution < -0.4 is 5.32 Å². The highest BCUT2D eigenvalue weighted by atomic mass is 19.4. The first-order valence-electron chi connectivity index (χ1n) is 11.5. The zero-order valence-corrected chi connectivity index (χ0v) is 19.2. The van der Waals surface area contributed by atoms with Gasteiger partial charge in [0.2, 0.25) is 5.91 Å². The molecular weight excluding hydrogens is 445 g/mol. The molecule has 1 aromatic carbocycles. The van der Waals surface area contributed by atoms with Crippen molar-refractivity contribution in [3.8, 4) is 0 Å². The van der Waals surface area contributed by atoms with Gasteiger partial charge in [-0.3, -0.25) is 9.20 Å². The lowest BCUT2D eigenvalue weighted by atomic mass is 9.44. The standard InChI is InChI=1S/C24H25F3N6O/c1-12-16(5-4-6-18(12)24(25,26)27)13(2)28-20-17-10-32(21(34)23-7-15(8-23)9-23)11-19(17)33-14(3)30-31-22(33)29-20/h4-6,13,15H,7-11H2,1-3H3,(H,28,29,31)/t13-,15?,23?/m1/s1. The third-order valence-electron chi connectivity index (χ3n) is 7.89.